The second-order valence-electron chi connectivity index (χ2n) is 4.92. The summed E-state index contributed by atoms with van der Waals surface area (Å²) in [7, 11) is 0. The Hall–Kier alpha value is -2.63. The number of nitrogens with zero attached hydrogens (tertiary/aromatic N) is 1. The average Bonchev–Trinajstić information content (AvgIpc) is 2.90. The van der Waals surface area contributed by atoms with Crippen LogP contribution in [0.2, 0.25) is 0 Å². The Morgan fingerprint density at radius 3 is 2.76 bits per heavy atom. The van der Waals surface area contributed by atoms with Crippen molar-refractivity contribution in [1.29, 1.82) is 0 Å². The average molecular weight is 288 g/mol. The molecule has 1 aromatic heterocycles. The first-order valence-corrected chi connectivity index (χ1v) is 6.55. The van der Waals surface area contributed by atoms with Crippen LogP contribution in [0.1, 0.15) is 28.6 Å². The van der Waals surface area contributed by atoms with Gasteiger partial charge in [0, 0.05) is 29.7 Å². The zero-order valence-corrected chi connectivity index (χ0v) is 11.8. The Bertz CT molecular complexity index is 650. The Morgan fingerprint density at radius 1 is 1.43 bits per heavy atom. The number of aryl methyl sites for hydroxylation is 1. The molecule has 1 heterocycles. The number of nitrogens with one attached hydrogen (secondary N) is 1. The van der Waals surface area contributed by atoms with E-state index in [4.69, 9.17) is 4.42 Å². The van der Waals surface area contributed by atoms with Crippen molar-refractivity contribution >= 4 is 11.6 Å². The second-order valence-corrected chi connectivity index (χ2v) is 4.92. The van der Waals surface area contributed by atoms with Crippen LogP contribution in [0.5, 0.6) is 0 Å². The molecule has 0 saturated carbocycles. The highest BCUT2D eigenvalue weighted by Gasteiger charge is 2.15. The summed E-state index contributed by atoms with van der Waals surface area (Å²) in [5.74, 6) is 0.537. The van der Waals surface area contributed by atoms with Crippen LogP contribution < -0.4 is 5.32 Å². The molecule has 0 saturated heterocycles. The molecule has 110 valence electrons. The molecule has 6 heteroatoms. The smallest absolute Gasteiger partial charge is 0.272 e. The first-order chi connectivity index (χ1) is 9.97. The number of hydrogen-bond donors (Lipinski definition) is 1. The molecule has 0 fully saturated rings. The Morgan fingerprint density at radius 2 is 2.19 bits per heavy atom. The molecule has 2 rings (SSSR count). The highest BCUT2D eigenvalue weighted by Crippen LogP contribution is 2.18. The van der Waals surface area contributed by atoms with E-state index in [1.807, 2.05) is 13.0 Å². The summed E-state index contributed by atoms with van der Waals surface area (Å²) in [6.45, 7) is 3.49. The minimum absolute atomic E-state index is 0.00943. The summed E-state index contributed by atoms with van der Waals surface area (Å²) < 4.78 is 5.23. The molecule has 1 unspecified atom stereocenters. The summed E-state index contributed by atoms with van der Waals surface area (Å²) in [6.07, 6.45) is 2.17. The van der Waals surface area contributed by atoms with E-state index in [0.29, 0.717) is 17.5 Å². The molecule has 1 N–H and O–H groups in total. The number of benzene rings is 1. The first-order valence-electron chi connectivity index (χ1n) is 6.55. The maximum atomic E-state index is 12.1. The third-order valence-corrected chi connectivity index (χ3v) is 3.12. The third-order valence-electron chi connectivity index (χ3n) is 3.12. The number of amides is 1. The molecule has 1 aromatic carbocycles. The lowest BCUT2D eigenvalue weighted by atomic mass is 10.1. The standard InChI is InChI=1S/C15H16N2O4/c1-10-8-12(5-6-14(10)17(19)20)15(18)16-11(2)9-13-4-3-7-21-13/h3-8,11H,9H2,1-2H3,(H,16,18). The number of hydrogen-bond acceptors (Lipinski definition) is 4. The van der Waals surface area contributed by atoms with Crippen LogP contribution in [-0.4, -0.2) is 16.9 Å². The summed E-state index contributed by atoms with van der Waals surface area (Å²) in [4.78, 5) is 22.4. The Labute approximate surface area is 121 Å². The van der Waals surface area contributed by atoms with Gasteiger partial charge in [-0.25, -0.2) is 0 Å². The van der Waals surface area contributed by atoms with Crippen LogP contribution in [0, 0.1) is 17.0 Å². The molecular formula is C15H16N2O4. The van der Waals surface area contributed by atoms with Crippen LogP contribution in [0.4, 0.5) is 5.69 Å². The quantitative estimate of drug-likeness (QED) is 0.677. The number of furan rings is 1. The third kappa shape index (κ3) is 3.68. The van der Waals surface area contributed by atoms with E-state index in [0.717, 1.165) is 5.76 Å². The van der Waals surface area contributed by atoms with Crippen molar-refractivity contribution < 1.29 is 14.1 Å². The van der Waals surface area contributed by atoms with Gasteiger partial charge < -0.3 is 9.73 Å². The van der Waals surface area contributed by atoms with Gasteiger partial charge in [-0.15, -0.1) is 0 Å². The molecule has 1 atom stereocenters. The van der Waals surface area contributed by atoms with Crippen LogP contribution in [0.25, 0.3) is 0 Å². The highest BCUT2D eigenvalue weighted by atomic mass is 16.6. The van der Waals surface area contributed by atoms with E-state index in [2.05, 4.69) is 5.32 Å². The van der Waals surface area contributed by atoms with Gasteiger partial charge in [-0.05, 0) is 38.1 Å². The summed E-state index contributed by atoms with van der Waals surface area (Å²) >= 11 is 0. The molecule has 0 aliphatic rings. The van der Waals surface area contributed by atoms with Crippen LogP contribution in [0.3, 0.4) is 0 Å². The van der Waals surface area contributed by atoms with Crippen molar-refractivity contribution in [2.24, 2.45) is 0 Å². The lowest BCUT2D eigenvalue weighted by Crippen LogP contribution is -2.34. The van der Waals surface area contributed by atoms with Gasteiger partial charge in [-0.1, -0.05) is 0 Å². The number of nitro groups is 1. The van der Waals surface area contributed by atoms with Gasteiger partial charge in [0.05, 0.1) is 11.2 Å². The number of carbonyl (C=O) groups is 1. The monoisotopic (exact) mass is 288 g/mol. The predicted octanol–water partition coefficient (Wildman–Crippen LogP) is 2.86. The number of rotatable bonds is 5. The van der Waals surface area contributed by atoms with Gasteiger partial charge in [-0.2, -0.15) is 0 Å². The highest BCUT2D eigenvalue weighted by molar-refractivity contribution is 5.94. The van der Waals surface area contributed by atoms with Gasteiger partial charge in [0.15, 0.2) is 0 Å². The zero-order chi connectivity index (χ0) is 15.4. The summed E-state index contributed by atoms with van der Waals surface area (Å²) in [6, 6.07) is 7.87. The fourth-order valence-electron chi connectivity index (χ4n) is 2.09. The molecule has 21 heavy (non-hydrogen) atoms. The van der Waals surface area contributed by atoms with Crippen molar-refractivity contribution in [3.05, 3.63) is 63.6 Å². The minimum Gasteiger partial charge on any atom is -0.469 e. The molecule has 0 aliphatic carbocycles. The van der Waals surface area contributed by atoms with Gasteiger partial charge >= 0.3 is 0 Å². The predicted molar refractivity (Wildman–Crippen MR) is 77.2 cm³/mol. The van der Waals surface area contributed by atoms with Crippen molar-refractivity contribution in [2.75, 3.05) is 0 Å². The van der Waals surface area contributed by atoms with E-state index in [-0.39, 0.29) is 17.6 Å². The van der Waals surface area contributed by atoms with E-state index >= 15 is 0 Å². The van der Waals surface area contributed by atoms with Gasteiger partial charge in [0.2, 0.25) is 0 Å². The van der Waals surface area contributed by atoms with Gasteiger partial charge in [-0.3, -0.25) is 14.9 Å². The van der Waals surface area contributed by atoms with E-state index in [1.54, 1.807) is 19.3 Å². The van der Waals surface area contributed by atoms with Crippen molar-refractivity contribution in [2.45, 2.75) is 26.3 Å². The molecule has 0 aliphatic heterocycles. The van der Waals surface area contributed by atoms with E-state index in [9.17, 15) is 14.9 Å². The normalized spacial score (nSPS) is 11.9. The molecule has 0 spiro atoms. The van der Waals surface area contributed by atoms with Gasteiger partial charge in [0.1, 0.15) is 5.76 Å². The second kappa shape index (κ2) is 6.21. The van der Waals surface area contributed by atoms with Crippen LogP contribution >= 0.6 is 0 Å². The molecule has 0 radical (unpaired) electrons. The lowest BCUT2D eigenvalue weighted by molar-refractivity contribution is -0.385. The van der Waals surface area contributed by atoms with Gasteiger partial charge in [0.25, 0.3) is 11.6 Å². The fourth-order valence-corrected chi connectivity index (χ4v) is 2.09. The molecule has 0 bridgehead atoms. The van der Waals surface area contributed by atoms with Crippen LogP contribution in [0.15, 0.2) is 41.0 Å². The summed E-state index contributed by atoms with van der Waals surface area (Å²) in [5, 5.41) is 13.6. The molecule has 2 aromatic rings. The van der Waals surface area contributed by atoms with Crippen molar-refractivity contribution in [3.63, 3.8) is 0 Å². The fraction of sp³-hybridized carbons (Fsp3) is 0.267. The maximum Gasteiger partial charge on any atom is 0.272 e. The van der Waals surface area contributed by atoms with Crippen LogP contribution in [-0.2, 0) is 6.42 Å². The largest absolute Gasteiger partial charge is 0.469 e. The topological polar surface area (TPSA) is 85.4 Å². The molecule has 1 amide bonds. The molecule has 6 nitrogen and oxygen atoms in total. The Kier molecular flexibility index (Phi) is 4.37. The minimum atomic E-state index is -0.462. The SMILES string of the molecule is Cc1cc(C(=O)NC(C)Cc2ccco2)ccc1[N+](=O)[O-]. The maximum absolute atomic E-state index is 12.1. The zero-order valence-electron chi connectivity index (χ0n) is 11.8. The van der Waals surface area contributed by atoms with Crippen molar-refractivity contribution in [3.8, 4) is 0 Å². The number of carbonyl (C=O) groups excluding carboxylic acids is 1. The van der Waals surface area contributed by atoms with Crippen molar-refractivity contribution in [1.82, 2.24) is 5.32 Å². The van der Waals surface area contributed by atoms with E-state index < -0.39 is 4.92 Å². The number of nitro benzene ring substituents is 1. The summed E-state index contributed by atoms with van der Waals surface area (Å²) in [5.41, 5.74) is 0.880. The molecular weight excluding hydrogens is 272 g/mol. The van der Waals surface area contributed by atoms with E-state index in [1.165, 1.54) is 18.2 Å². The lowest BCUT2D eigenvalue weighted by Gasteiger charge is -2.12. The Balaban J connectivity index is 2.03. The first kappa shape index (κ1) is 14.8.